The molecule has 0 spiro atoms. The Hall–Kier alpha value is -2.63. The number of carbonyl (C=O) groups excluding carboxylic acids is 1. The lowest BCUT2D eigenvalue weighted by Crippen LogP contribution is -2.42. The van der Waals surface area contributed by atoms with Gasteiger partial charge in [0.15, 0.2) is 0 Å². The molecule has 2 rings (SSSR count). The summed E-state index contributed by atoms with van der Waals surface area (Å²) in [6.45, 7) is 3.53. The van der Waals surface area contributed by atoms with Crippen LogP contribution in [-0.2, 0) is 16.0 Å². The predicted octanol–water partition coefficient (Wildman–Crippen LogP) is 2.13. The highest BCUT2D eigenvalue weighted by Gasteiger charge is 2.21. The zero-order chi connectivity index (χ0) is 16.8. The molecule has 0 saturated carbocycles. The molecule has 1 unspecified atom stereocenters. The zero-order valence-electron chi connectivity index (χ0n) is 13.3. The van der Waals surface area contributed by atoms with Crippen molar-refractivity contribution in [3.8, 4) is 5.69 Å². The molecule has 0 bridgehead atoms. The van der Waals surface area contributed by atoms with Crippen molar-refractivity contribution in [3.63, 3.8) is 0 Å². The van der Waals surface area contributed by atoms with Gasteiger partial charge in [0.05, 0.1) is 12.1 Å². The van der Waals surface area contributed by atoms with E-state index in [4.69, 9.17) is 5.11 Å². The van der Waals surface area contributed by atoms with Crippen molar-refractivity contribution in [1.82, 2.24) is 14.7 Å². The molecule has 0 aliphatic heterocycles. The number of amides is 1. The first kappa shape index (κ1) is 16.7. The van der Waals surface area contributed by atoms with E-state index in [1.807, 2.05) is 50.4 Å². The summed E-state index contributed by atoms with van der Waals surface area (Å²) in [5.74, 6) is -1.17. The number of carboxylic acid groups (broad SMARTS) is 1. The van der Waals surface area contributed by atoms with Gasteiger partial charge in [-0.15, -0.1) is 0 Å². The first-order chi connectivity index (χ1) is 11.0. The molecule has 0 aliphatic rings. The Kier molecular flexibility index (Phi) is 5.51. The predicted molar refractivity (Wildman–Crippen MR) is 86.4 cm³/mol. The lowest BCUT2D eigenvalue weighted by molar-refractivity contribution is -0.145. The molecule has 2 aromatic rings. The molecule has 1 aromatic carbocycles. The second kappa shape index (κ2) is 7.58. The summed E-state index contributed by atoms with van der Waals surface area (Å²) < 4.78 is 1.74. The largest absolute Gasteiger partial charge is 0.480 e. The van der Waals surface area contributed by atoms with Gasteiger partial charge < -0.3 is 10.0 Å². The molecule has 0 fully saturated rings. The molecule has 23 heavy (non-hydrogen) atoms. The Morgan fingerprint density at radius 1 is 1.30 bits per heavy atom. The van der Waals surface area contributed by atoms with E-state index in [2.05, 4.69) is 5.10 Å². The van der Waals surface area contributed by atoms with Crippen LogP contribution in [0.3, 0.4) is 0 Å². The molecular weight excluding hydrogens is 294 g/mol. The van der Waals surface area contributed by atoms with Crippen molar-refractivity contribution in [2.45, 2.75) is 32.7 Å². The second-order valence-electron chi connectivity index (χ2n) is 5.47. The summed E-state index contributed by atoms with van der Waals surface area (Å²) in [6.07, 6.45) is 4.46. The zero-order valence-corrected chi connectivity index (χ0v) is 13.3. The SMILES string of the molecule is CCC(C)N(CC(=O)O)C(=O)Cc1ccc(-n2cccn2)cc1. The summed E-state index contributed by atoms with van der Waals surface area (Å²) in [5, 5.41) is 13.1. The molecular formula is C17H21N3O3. The lowest BCUT2D eigenvalue weighted by atomic mass is 10.1. The van der Waals surface area contributed by atoms with Crippen LogP contribution < -0.4 is 0 Å². The summed E-state index contributed by atoms with van der Waals surface area (Å²) in [6, 6.07) is 9.25. The van der Waals surface area contributed by atoms with Crippen LogP contribution >= 0.6 is 0 Å². The molecule has 1 atom stereocenters. The molecule has 1 heterocycles. The second-order valence-corrected chi connectivity index (χ2v) is 5.47. The number of hydrogen-bond acceptors (Lipinski definition) is 3. The highest BCUT2D eigenvalue weighted by atomic mass is 16.4. The molecule has 122 valence electrons. The fourth-order valence-electron chi connectivity index (χ4n) is 2.32. The van der Waals surface area contributed by atoms with Crippen LogP contribution in [0, 0.1) is 0 Å². The van der Waals surface area contributed by atoms with Crippen molar-refractivity contribution in [2.75, 3.05) is 6.54 Å². The van der Waals surface area contributed by atoms with E-state index in [1.54, 1.807) is 10.9 Å². The standard InChI is InChI=1S/C17H21N3O3/c1-3-13(2)19(12-17(22)23)16(21)11-14-5-7-15(8-6-14)20-10-4-9-18-20/h4-10,13H,3,11-12H2,1-2H3,(H,22,23). The van der Waals surface area contributed by atoms with Crippen molar-refractivity contribution < 1.29 is 14.7 Å². The average molecular weight is 315 g/mol. The van der Waals surface area contributed by atoms with Gasteiger partial charge in [0.2, 0.25) is 5.91 Å². The number of hydrogen-bond donors (Lipinski definition) is 1. The molecule has 1 N–H and O–H groups in total. The smallest absolute Gasteiger partial charge is 0.323 e. The average Bonchev–Trinajstić information content (AvgIpc) is 3.06. The minimum absolute atomic E-state index is 0.0954. The Labute approximate surface area is 135 Å². The van der Waals surface area contributed by atoms with Crippen LogP contribution in [0.5, 0.6) is 0 Å². The van der Waals surface area contributed by atoms with Gasteiger partial charge in [0, 0.05) is 18.4 Å². The van der Waals surface area contributed by atoms with E-state index in [9.17, 15) is 9.59 Å². The van der Waals surface area contributed by atoms with Gasteiger partial charge >= 0.3 is 5.97 Å². The van der Waals surface area contributed by atoms with Gasteiger partial charge in [-0.05, 0) is 37.1 Å². The number of aromatic nitrogens is 2. The monoisotopic (exact) mass is 315 g/mol. The summed E-state index contributed by atoms with van der Waals surface area (Å²) in [4.78, 5) is 24.8. The number of rotatable bonds is 7. The van der Waals surface area contributed by atoms with E-state index < -0.39 is 5.97 Å². The summed E-state index contributed by atoms with van der Waals surface area (Å²) in [7, 11) is 0. The van der Waals surface area contributed by atoms with E-state index in [0.717, 1.165) is 17.7 Å². The Bertz CT molecular complexity index is 650. The minimum atomic E-state index is -0.993. The van der Waals surface area contributed by atoms with Gasteiger partial charge in [0.25, 0.3) is 0 Å². The normalized spacial score (nSPS) is 11.9. The highest BCUT2D eigenvalue weighted by molar-refractivity contribution is 5.83. The van der Waals surface area contributed by atoms with Crippen molar-refractivity contribution in [3.05, 3.63) is 48.3 Å². The van der Waals surface area contributed by atoms with Crippen LogP contribution in [0.15, 0.2) is 42.7 Å². The molecule has 0 saturated heterocycles. The number of carboxylic acids is 1. The Morgan fingerprint density at radius 3 is 2.52 bits per heavy atom. The summed E-state index contributed by atoms with van der Waals surface area (Å²) >= 11 is 0. The van der Waals surface area contributed by atoms with Gasteiger partial charge in [-0.2, -0.15) is 5.10 Å². The van der Waals surface area contributed by atoms with Gasteiger partial charge in [0.1, 0.15) is 6.54 Å². The van der Waals surface area contributed by atoms with Crippen LogP contribution in [-0.4, -0.2) is 44.3 Å². The topological polar surface area (TPSA) is 75.4 Å². The van der Waals surface area contributed by atoms with E-state index in [1.165, 1.54) is 4.90 Å². The van der Waals surface area contributed by atoms with Crippen LogP contribution in [0.2, 0.25) is 0 Å². The van der Waals surface area contributed by atoms with E-state index in [0.29, 0.717) is 0 Å². The Morgan fingerprint density at radius 2 is 2.00 bits per heavy atom. The summed E-state index contributed by atoms with van der Waals surface area (Å²) in [5.41, 5.74) is 1.76. The number of aliphatic carboxylic acids is 1. The fourth-order valence-corrected chi connectivity index (χ4v) is 2.32. The molecule has 1 amide bonds. The van der Waals surface area contributed by atoms with Gasteiger partial charge in [-0.3, -0.25) is 9.59 Å². The lowest BCUT2D eigenvalue weighted by Gasteiger charge is -2.27. The number of carbonyl (C=O) groups is 2. The van der Waals surface area contributed by atoms with Crippen molar-refractivity contribution in [1.29, 1.82) is 0 Å². The molecule has 1 aromatic heterocycles. The van der Waals surface area contributed by atoms with Crippen LogP contribution in [0.25, 0.3) is 5.69 Å². The number of benzene rings is 1. The third-order valence-corrected chi connectivity index (χ3v) is 3.81. The first-order valence-electron chi connectivity index (χ1n) is 7.61. The molecule has 6 heteroatoms. The molecule has 0 radical (unpaired) electrons. The molecule has 0 aliphatic carbocycles. The van der Waals surface area contributed by atoms with Crippen LogP contribution in [0.1, 0.15) is 25.8 Å². The van der Waals surface area contributed by atoms with E-state index >= 15 is 0 Å². The Balaban J connectivity index is 2.07. The number of nitrogens with zero attached hydrogens (tertiary/aromatic N) is 3. The van der Waals surface area contributed by atoms with Gasteiger partial charge in [-0.25, -0.2) is 4.68 Å². The maximum atomic E-state index is 12.4. The van der Waals surface area contributed by atoms with Gasteiger partial charge in [-0.1, -0.05) is 19.1 Å². The van der Waals surface area contributed by atoms with E-state index in [-0.39, 0.29) is 24.9 Å². The maximum Gasteiger partial charge on any atom is 0.323 e. The van der Waals surface area contributed by atoms with Crippen molar-refractivity contribution >= 4 is 11.9 Å². The first-order valence-corrected chi connectivity index (χ1v) is 7.61. The third-order valence-electron chi connectivity index (χ3n) is 3.81. The third kappa shape index (κ3) is 4.42. The minimum Gasteiger partial charge on any atom is -0.480 e. The maximum absolute atomic E-state index is 12.4. The molecule has 6 nitrogen and oxygen atoms in total. The van der Waals surface area contributed by atoms with Crippen LogP contribution in [0.4, 0.5) is 0 Å². The van der Waals surface area contributed by atoms with Crippen molar-refractivity contribution in [2.24, 2.45) is 0 Å². The fraction of sp³-hybridized carbons (Fsp3) is 0.353. The quantitative estimate of drug-likeness (QED) is 0.849. The highest BCUT2D eigenvalue weighted by Crippen LogP contribution is 2.12.